The van der Waals surface area contributed by atoms with E-state index in [2.05, 4.69) is 86.8 Å². The molecule has 1 heterocycles. The predicted molar refractivity (Wildman–Crippen MR) is 370 cm³/mol. The van der Waals surface area contributed by atoms with Gasteiger partial charge in [-0.15, -0.1) is 0 Å². The van der Waals surface area contributed by atoms with Crippen LogP contribution in [-0.2, 0) is 23.8 Å². The van der Waals surface area contributed by atoms with Crippen molar-refractivity contribution in [3.8, 4) is 0 Å². The summed E-state index contributed by atoms with van der Waals surface area (Å²) >= 11 is 0. The summed E-state index contributed by atoms with van der Waals surface area (Å²) in [5, 5.41) is 57.3. The first-order valence-electron chi connectivity index (χ1n) is 37.2. The van der Waals surface area contributed by atoms with E-state index in [1.54, 1.807) is 6.08 Å². The second kappa shape index (κ2) is 64.2. The summed E-state index contributed by atoms with van der Waals surface area (Å²) in [6, 6.07) is -1.03. The van der Waals surface area contributed by atoms with Gasteiger partial charge < -0.3 is 45.1 Å². The number of nitrogens with one attached hydrogen (secondary N) is 1. The first kappa shape index (κ1) is 83.1. The van der Waals surface area contributed by atoms with Crippen molar-refractivity contribution >= 4 is 11.9 Å². The monoisotopic (exact) mass is 1240 g/mol. The van der Waals surface area contributed by atoms with Gasteiger partial charge in [0.1, 0.15) is 24.4 Å². The number of aliphatic hydroxyl groups is 5. The lowest BCUT2D eigenvalue weighted by atomic mass is 9.99. The maximum atomic E-state index is 13.5. The molecule has 512 valence electrons. The van der Waals surface area contributed by atoms with E-state index in [0.29, 0.717) is 19.3 Å². The fraction of sp³-hybridized carbons (Fsp3) is 0.818. The average molecular weight is 1240 g/mol. The summed E-state index contributed by atoms with van der Waals surface area (Å²) in [5.74, 6) is -1.20. The van der Waals surface area contributed by atoms with Gasteiger partial charge in [0.15, 0.2) is 12.4 Å². The van der Waals surface area contributed by atoms with E-state index in [9.17, 15) is 35.1 Å². The smallest absolute Gasteiger partial charge is 0.306 e. The van der Waals surface area contributed by atoms with Gasteiger partial charge in [0.25, 0.3) is 0 Å². The van der Waals surface area contributed by atoms with Gasteiger partial charge >= 0.3 is 5.97 Å². The van der Waals surface area contributed by atoms with Crippen LogP contribution in [0, 0.1) is 0 Å². The van der Waals surface area contributed by atoms with E-state index < -0.39 is 67.4 Å². The Bertz CT molecular complexity index is 1710. The zero-order valence-electron chi connectivity index (χ0n) is 57.1. The molecular weight excluding hydrogens is 1100 g/mol. The molecule has 8 atom stereocenters. The van der Waals surface area contributed by atoms with E-state index in [4.69, 9.17) is 14.2 Å². The Balaban J connectivity index is 2.55. The Morgan fingerprint density at radius 2 is 0.818 bits per heavy atom. The molecule has 6 N–H and O–H groups in total. The summed E-state index contributed by atoms with van der Waals surface area (Å²) in [7, 11) is 0. The highest BCUT2D eigenvalue weighted by atomic mass is 16.7. The molecule has 0 spiro atoms. The summed E-state index contributed by atoms with van der Waals surface area (Å²) in [6.07, 6.45) is 73.8. The number of allylic oxidation sites excluding steroid dienone is 11. The first-order chi connectivity index (χ1) is 43.2. The van der Waals surface area contributed by atoms with Gasteiger partial charge in [0.2, 0.25) is 5.91 Å². The van der Waals surface area contributed by atoms with Crippen LogP contribution in [0.2, 0.25) is 0 Å². The van der Waals surface area contributed by atoms with Crippen LogP contribution < -0.4 is 5.32 Å². The minimum atomic E-state index is -1.62. The highest BCUT2D eigenvalue weighted by molar-refractivity contribution is 5.80. The number of esters is 1. The molecule has 0 aromatic rings. The van der Waals surface area contributed by atoms with Gasteiger partial charge in [-0.25, -0.2) is 0 Å². The summed E-state index contributed by atoms with van der Waals surface area (Å²) < 4.78 is 17.7. The maximum Gasteiger partial charge on any atom is 0.306 e. The Labute approximate surface area is 541 Å². The molecule has 11 nitrogen and oxygen atoms in total. The maximum absolute atomic E-state index is 13.5. The summed E-state index contributed by atoms with van der Waals surface area (Å²) in [4.78, 5) is 26.7. The zero-order chi connectivity index (χ0) is 63.9. The number of hydrogen-bond acceptors (Lipinski definition) is 10. The first-order valence-corrected chi connectivity index (χ1v) is 37.2. The largest absolute Gasteiger partial charge is 0.454 e. The molecule has 0 radical (unpaired) electrons. The third-order valence-electron chi connectivity index (χ3n) is 17.4. The van der Waals surface area contributed by atoms with Crippen LogP contribution >= 0.6 is 0 Å². The van der Waals surface area contributed by atoms with Gasteiger partial charge in [-0.1, -0.05) is 338 Å². The highest BCUT2D eigenvalue weighted by Gasteiger charge is 2.47. The average Bonchev–Trinajstić information content (AvgIpc) is 2.54. The molecule has 11 heteroatoms. The Kier molecular flexibility index (Phi) is 60.6. The number of carbonyl (C=O) groups excluding carboxylic acids is 2. The number of aliphatic hydroxyl groups excluding tert-OH is 5. The van der Waals surface area contributed by atoms with E-state index in [1.807, 2.05) is 6.08 Å². The van der Waals surface area contributed by atoms with Gasteiger partial charge in [-0.2, -0.15) is 0 Å². The topological polar surface area (TPSA) is 175 Å². The molecule has 1 fully saturated rings. The van der Waals surface area contributed by atoms with E-state index in [1.165, 1.54) is 180 Å². The van der Waals surface area contributed by atoms with Crippen LogP contribution in [0.1, 0.15) is 342 Å². The van der Waals surface area contributed by atoms with Gasteiger partial charge in [-0.05, 0) is 70.6 Å². The molecule has 8 unspecified atom stereocenters. The number of unbranched alkanes of at least 4 members (excludes halogenated alkanes) is 40. The standard InChI is InChI=1S/C77H139NO10/c1-4-7-10-13-16-19-22-25-27-29-31-33-35-37-38-40-42-44-46-49-52-55-58-61-64-70(81)76(85)78-68(69(80)63-60-57-54-51-48-24-21-18-15-12-9-6-3)67-86-77-75(74(84)73(83)71(66-79)87-77)88-72(82)65-62-59-56-53-50-47-45-43-41-39-36-34-32-30-28-26-23-20-17-14-11-8-5-2/h8,11,17,20,26,28,32,34,39,41,60,63,68-71,73-75,77,79-81,83-84H,4-7,9-10,12-16,18-19,21-25,27,29-31,33,35-38,40,42-59,61-62,64-67H2,1-3H3,(H,78,85)/b11-8-,20-17-,28-26-,34-32-,41-39-,63-60+. The van der Waals surface area contributed by atoms with Crippen molar-refractivity contribution in [2.45, 2.75) is 391 Å². The van der Waals surface area contributed by atoms with E-state index in [0.717, 1.165) is 116 Å². The molecule has 1 rings (SSSR count). The van der Waals surface area contributed by atoms with Crippen LogP contribution in [0.25, 0.3) is 0 Å². The molecule has 1 aliphatic heterocycles. The van der Waals surface area contributed by atoms with Crippen LogP contribution in [0.4, 0.5) is 0 Å². The quantitative estimate of drug-likeness (QED) is 0.0195. The van der Waals surface area contributed by atoms with Crippen LogP contribution in [-0.4, -0.2) is 99.6 Å². The zero-order valence-corrected chi connectivity index (χ0v) is 57.1. The van der Waals surface area contributed by atoms with Crippen molar-refractivity contribution in [3.05, 3.63) is 72.9 Å². The van der Waals surface area contributed by atoms with Crippen molar-refractivity contribution in [2.75, 3.05) is 13.2 Å². The predicted octanol–water partition coefficient (Wildman–Crippen LogP) is 19.5. The molecule has 0 bridgehead atoms. The molecule has 1 amide bonds. The van der Waals surface area contributed by atoms with Gasteiger partial charge in [0, 0.05) is 6.42 Å². The van der Waals surface area contributed by atoms with Crippen molar-refractivity contribution in [3.63, 3.8) is 0 Å². The third-order valence-corrected chi connectivity index (χ3v) is 17.4. The fourth-order valence-electron chi connectivity index (χ4n) is 11.6. The SMILES string of the molecule is CC/C=C\C/C=C\C/C=C\C/C=C\C/C=C\CCCCCCCCCC(=O)OC1C(OCC(NC(=O)C(O)CCCCCCCCCCCCCCCCCCCCCCCCCC)C(O)/C=C/CCCCCCCCCCCC)OC(CO)C(O)C1O. The Morgan fingerprint density at radius 3 is 1.23 bits per heavy atom. The molecule has 1 saturated heterocycles. The van der Waals surface area contributed by atoms with E-state index in [-0.39, 0.29) is 13.0 Å². The third kappa shape index (κ3) is 50.7. The minimum absolute atomic E-state index is 0.109. The summed E-state index contributed by atoms with van der Waals surface area (Å²) in [5.41, 5.74) is 0. The van der Waals surface area contributed by atoms with Crippen LogP contribution in [0.3, 0.4) is 0 Å². The normalized spacial score (nSPS) is 18.6. The molecule has 0 aromatic carbocycles. The second-order valence-corrected chi connectivity index (χ2v) is 25.7. The van der Waals surface area contributed by atoms with Crippen molar-refractivity contribution in [2.24, 2.45) is 0 Å². The lowest BCUT2D eigenvalue weighted by Crippen LogP contribution is -2.61. The lowest BCUT2D eigenvalue weighted by molar-refractivity contribution is -0.305. The van der Waals surface area contributed by atoms with Crippen molar-refractivity contribution in [1.29, 1.82) is 0 Å². The summed E-state index contributed by atoms with van der Waals surface area (Å²) in [6.45, 7) is 5.72. The molecule has 88 heavy (non-hydrogen) atoms. The number of hydrogen-bond donors (Lipinski definition) is 6. The van der Waals surface area contributed by atoms with Crippen LogP contribution in [0.5, 0.6) is 0 Å². The molecular formula is C77H139NO10. The minimum Gasteiger partial charge on any atom is -0.454 e. The lowest BCUT2D eigenvalue weighted by Gasteiger charge is -2.41. The van der Waals surface area contributed by atoms with Gasteiger partial charge in [0.05, 0.1) is 25.4 Å². The van der Waals surface area contributed by atoms with Crippen molar-refractivity contribution < 1.29 is 49.3 Å². The van der Waals surface area contributed by atoms with Crippen molar-refractivity contribution in [1.82, 2.24) is 5.32 Å². The van der Waals surface area contributed by atoms with Gasteiger partial charge in [-0.3, -0.25) is 9.59 Å². The number of ether oxygens (including phenoxy) is 3. The molecule has 1 aliphatic rings. The molecule has 0 saturated carbocycles. The Hall–Kier alpha value is -2.90. The van der Waals surface area contributed by atoms with E-state index >= 15 is 0 Å². The fourth-order valence-corrected chi connectivity index (χ4v) is 11.6. The van der Waals surface area contributed by atoms with Crippen LogP contribution in [0.15, 0.2) is 72.9 Å². The number of carbonyl (C=O) groups is 2. The molecule has 0 aliphatic carbocycles. The second-order valence-electron chi connectivity index (χ2n) is 25.7. The number of rotatable bonds is 64. The Morgan fingerprint density at radius 1 is 0.455 bits per heavy atom. The number of amides is 1. The molecule has 0 aromatic heterocycles. The highest BCUT2D eigenvalue weighted by Crippen LogP contribution is 2.26.